The Hall–Kier alpha value is -1.93. The highest BCUT2D eigenvalue weighted by Gasteiger charge is 2.12. The fourth-order valence-electron chi connectivity index (χ4n) is 1.33. The maximum Gasteiger partial charge on any atom is 0.396 e. The highest BCUT2D eigenvalue weighted by Crippen LogP contribution is 2.08. The number of methoxy groups -OCH3 is 1. The second-order valence-corrected chi connectivity index (χ2v) is 5.25. The maximum absolute atomic E-state index is 11.1. The van der Waals surface area contributed by atoms with E-state index in [4.69, 9.17) is 5.14 Å². The molecule has 0 radical (unpaired) electrons. The lowest BCUT2D eigenvalue weighted by Crippen LogP contribution is -2.33. The van der Waals surface area contributed by atoms with E-state index in [0.717, 1.165) is 12.7 Å². The fourth-order valence-corrected chi connectivity index (χ4v) is 1.85. The summed E-state index contributed by atoms with van der Waals surface area (Å²) >= 11 is 0. The summed E-state index contributed by atoms with van der Waals surface area (Å²) in [7, 11) is -2.58. The summed E-state index contributed by atoms with van der Waals surface area (Å²) in [5.74, 6) is -1.77. The van der Waals surface area contributed by atoms with Gasteiger partial charge in [0.15, 0.2) is 0 Å². The lowest BCUT2D eigenvalue weighted by atomic mass is 10.1. The van der Waals surface area contributed by atoms with Gasteiger partial charge in [-0.2, -0.15) is 0 Å². The van der Waals surface area contributed by atoms with Crippen molar-refractivity contribution >= 4 is 21.9 Å². The highest BCUT2D eigenvalue weighted by molar-refractivity contribution is 7.89. The maximum atomic E-state index is 11.1. The second kappa shape index (κ2) is 6.30. The van der Waals surface area contributed by atoms with E-state index in [9.17, 15) is 18.0 Å². The number of carbonyl (C=O) groups excluding carboxylic acids is 2. The van der Waals surface area contributed by atoms with Crippen LogP contribution in [0.3, 0.4) is 0 Å². The van der Waals surface area contributed by atoms with Crippen LogP contribution in [0.5, 0.6) is 0 Å². The molecule has 1 rings (SSSR count). The van der Waals surface area contributed by atoms with Gasteiger partial charge in [0.25, 0.3) is 0 Å². The number of nitrogens with two attached hydrogens (primary N) is 1. The van der Waals surface area contributed by atoms with Crippen molar-refractivity contribution in [1.82, 2.24) is 5.32 Å². The molecule has 0 aliphatic rings. The number of rotatable bonds is 4. The quantitative estimate of drug-likeness (QED) is 0.553. The molecular formula is C11H14N2O5S. The first-order valence-electron chi connectivity index (χ1n) is 5.32. The molecule has 8 heteroatoms. The molecule has 3 N–H and O–H groups in total. The van der Waals surface area contributed by atoms with Crippen molar-refractivity contribution in [3.63, 3.8) is 0 Å². The Morgan fingerprint density at radius 1 is 1.26 bits per heavy atom. The van der Waals surface area contributed by atoms with Crippen molar-refractivity contribution in [3.8, 4) is 0 Å². The Morgan fingerprint density at radius 3 is 2.32 bits per heavy atom. The van der Waals surface area contributed by atoms with Crippen LogP contribution in [-0.4, -0.2) is 33.9 Å². The number of hydrogen-bond donors (Lipinski definition) is 2. The predicted molar refractivity (Wildman–Crippen MR) is 66.5 cm³/mol. The third-order valence-corrected chi connectivity index (χ3v) is 3.25. The Kier molecular flexibility index (Phi) is 5.02. The van der Waals surface area contributed by atoms with E-state index in [2.05, 4.69) is 10.1 Å². The Balaban J connectivity index is 2.51. The summed E-state index contributed by atoms with van der Waals surface area (Å²) in [5.41, 5.74) is 0.803. The molecule has 0 aliphatic carbocycles. The summed E-state index contributed by atoms with van der Waals surface area (Å²) in [4.78, 5) is 21.9. The van der Waals surface area contributed by atoms with Gasteiger partial charge in [0.1, 0.15) is 0 Å². The number of esters is 1. The number of hydrogen-bond acceptors (Lipinski definition) is 5. The van der Waals surface area contributed by atoms with E-state index in [-0.39, 0.29) is 11.4 Å². The third-order valence-electron chi connectivity index (χ3n) is 2.32. The van der Waals surface area contributed by atoms with E-state index in [1.54, 1.807) is 12.1 Å². The number of benzene rings is 1. The van der Waals surface area contributed by atoms with Crippen LogP contribution in [0.1, 0.15) is 5.56 Å². The number of carbonyl (C=O) groups is 2. The molecule has 0 saturated carbocycles. The minimum Gasteiger partial charge on any atom is -0.462 e. The van der Waals surface area contributed by atoms with Crippen LogP contribution in [0.2, 0.25) is 0 Å². The summed E-state index contributed by atoms with van der Waals surface area (Å²) in [6.45, 7) is 0.239. The van der Waals surface area contributed by atoms with Crippen molar-refractivity contribution in [2.45, 2.75) is 11.3 Å². The van der Waals surface area contributed by atoms with Crippen LogP contribution in [0, 0.1) is 0 Å². The third kappa shape index (κ3) is 4.68. The first kappa shape index (κ1) is 15.1. The van der Waals surface area contributed by atoms with Gasteiger partial charge in [-0.3, -0.25) is 4.79 Å². The van der Waals surface area contributed by atoms with Crippen molar-refractivity contribution in [1.29, 1.82) is 0 Å². The first-order valence-corrected chi connectivity index (χ1v) is 6.87. The zero-order chi connectivity index (χ0) is 14.5. The molecule has 0 fully saturated rings. The smallest absolute Gasteiger partial charge is 0.396 e. The van der Waals surface area contributed by atoms with Gasteiger partial charge in [-0.05, 0) is 24.1 Å². The largest absolute Gasteiger partial charge is 0.462 e. The van der Waals surface area contributed by atoms with Gasteiger partial charge in [-0.15, -0.1) is 0 Å². The highest BCUT2D eigenvalue weighted by atomic mass is 32.2. The van der Waals surface area contributed by atoms with Gasteiger partial charge in [-0.25, -0.2) is 18.4 Å². The summed E-state index contributed by atoms with van der Waals surface area (Å²) in [6.07, 6.45) is 0.452. The number of ether oxygens (including phenoxy) is 1. The van der Waals surface area contributed by atoms with Crippen LogP contribution >= 0.6 is 0 Å². The zero-order valence-electron chi connectivity index (χ0n) is 10.3. The van der Waals surface area contributed by atoms with Gasteiger partial charge in [0, 0.05) is 6.54 Å². The van der Waals surface area contributed by atoms with Crippen LogP contribution in [0.25, 0.3) is 0 Å². The molecule has 19 heavy (non-hydrogen) atoms. The topological polar surface area (TPSA) is 116 Å². The molecule has 0 spiro atoms. The van der Waals surface area contributed by atoms with E-state index in [0.29, 0.717) is 6.42 Å². The van der Waals surface area contributed by atoms with E-state index in [1.165, 1.54) is 12.1 Å². The van der Waals surface area contributed by atoms with Crippen LogP contribution in [-0.2, 0) is 30.8 Å². The molecule has 0 aromatic heterocycles. The van der Waals surface area contributed by atoms with Crippen LogP contribution in [0.15, 0.2) is 29.2 Å². The first-order chi connectivity index (χ1) is 8.84. The Labute approximate surface area is 110 Å². The molecule has 0 aliphatic heterocycles. The van der Waals surface area contributed by atoms with Crippen molar-refractivity contribution in [3.05, 3.63) is 29.8 Å². The Bertz CT molecular complexity index is 565. The summed E-state index contributed by atoms with van der Waals surface area (Å²) in [5, 5.41) is 7.33. The van der Waals surface area contributed by atoms with Crippen molar-refractivity contribution in [2.75, 3.05) is 13.7 Å². The minimum atomic E-state index is -3.70. The lowest BCUT2D eigenvalue weighted by molar-refractivity contribution is -0.152. The van der Waals surface area contributed by atoms with E-state index < -0.39 is 21.9 Å². The van der Waals surface area contributed by atoms with Gasteiger partial charge in [0.2, 0.25) is 10.0 Å². The summed E-state index contributed by atoms with van der Waals surface area (Å²) < 4.78 is 26.3. The molecule has 1 aromatic carbocycles. The predicted octanol–water partition coefficient (Wildman–Crippen LogP) is -0.834. The molecule has 7 nitrogen and oxygen atoms in total. The number of nitrogens with one attached hydrogen (secondary N) is 1. The van der Waals surface area contributed by atoms with Gasteiger partial charge < -0.3 is 10.1 Å². The van der Waals surface area contributed by atoms with E-state index in [1.807, 2.05) is 0 Å². The Morgan fingerprint density at radius 2 is 1.84 bits per heavy atom. The van der Waals surface area contributed by atoms with E-state index >= 15 is 0 Å². The normalized spacial score (nSPS) is 10.8. The van der Waals surface area contributed by atoms with Crippen molar-refractivity contribution < 1.29 is 22.7 Å². The molecule has 0 unspecified atom stereocenters. The second-order valence-electron chi connectivity index (χ2n) is 3.69. The van der Waals surface area contributed by atoms with Crippen LogP contribution in [0.4, 0.5) is 0 Å². The summed E-state index contributed by atoms with van der Waals surface area (Å²) in [6, 6.07) is 5.94. The molecular weight excluding hydrogens is 272 g/mol. The SMILES string of the molecule is COC(=O)C(=O)NCCc1ccc(S(N)(=O)=O)cc1. The molecule has 0 heterocycles. The molecule has 0 atom stereocenters. The van der Waals surface area contributed by atoms with Gasteiger partial charge in [-0.1, -0.05) is 12.1 Å². The minimum absolute atomic E-state index is 0.0230. The number of amides is 1. The lowest BCUT2D eigenvalue weighted by Gasteiger charge is -2.04. The van der Waals surface area contributed by atoms with Crippen molar-refractivity contribution in [2.24, 2.45) is 5.14 Å². The van der Waals surface area contributed by atoms with Crippen LogP contribution < -0.4 is 10.5 Å². The molecule has 0 bridgehead atoms. The standard InChI is InChI=1S/C11H14N2O5S/c1-18-11(15)10(14)13-7-6-8-2-4-9(5-3-8)19(12,16)17/h2-5H,6-7H2,1H3,(H,13,14)(H2,12,16,17). The monoisotopic (exact) mass is 286 g/mol. The average Bonchev–Trinajstić information content (AvgIpc) is 2.37. The number of sulfonamides is 1. The average molecular weight is 286 g/mol. The molecule has 104 valence electrons. The fraction of sp³-hybridized carbons (Fsp3) is 0.273. The zero-order valence-corrected chi connectivity index (χ0v) is 11.1. The van der Waals surface area contributed by atoms with Gasteiger partial charge >= 0.3 is 11.9 Å². The molecule has 1 amide bonds. The number of primary sulfonamides is 1. The van der Waals surface area contributed by atoms with Gasteiger partial charge in [0.05, 0.1) is 12.0 Å². The molecule has 1 aromatic rings. The molecule has 0 saturated heterocycles.